The molecule has 2 rings (SSSR count). The summed E-state index contributed by atoms with van der Waals surface area (Å²) in [5.41, 5.74) is 2.70. The van der Waals surface area contributed by atoms with Crippen LogP contribution in [0.4, 0.5) is 0 Å². The maximum Gasteiger partial charge on any atom is 0.292 e. The Morgan fingerprint density at radius 3 is 1.95 bits per heavy atom. The fraction of sp³-hybridized carbons (Fsp3) is 0.235. The van der Waals surface area contributed by atoms with Crippen molar-refractivity contribution in [3.63, 3.8) is 0 Å². The van der Waals surface area contributed by atoms with Gasteiger partial charge < -0.3 is 4.43 Å². The highest BCUT2D eigenvalue weighted by Gasteiger charge is 2.17. The van der Waals surface area contributed by atoms with Gasteiger partial charge in [0.2, 0.25) is 9.76 Å². The fourth-order valence-electron chi connectivity index (χ4n) is 2.21. The van der Waals surface area contributed by atoms with Crippen molar-refractivity contribution in [1.29, 1.82) is 0 Å². The second-order valence-electron chi connectivity index (χ2n) is 4.81. The van der Waals surface area contributed by atoms with Crippen LogP contribution in [-0.4, -0.2) is 15.7 Å². The van der Waals surface area contributed by atoms with E-state index in [-0.39, 0.29) is 11.5 Å². The number of rotatable bonds is 6. The molecule has 2 aromatic carbocycles. The third-order valence-electron chi connectivity index (χ3n) is 3.27. The fourth-order valence-corrected chi connectivity index (χ4v) is 3.63. The van der Waals surface area contributed by atoms with Crippen LogP contribution in [-0.2, 0) is 9.22 Å². The molecule has 0 unspecified atom stereocenters. The predicted octanol–water partition coefficient (Wildman–Crippen LogP) is 3.20. The summed E-state index contributed by atoms with van der Waals surface area (Å²) in [4.78, 5) is 11.6. The third-order valence-corrected chi connectivity index (χ3v) is 5.03. The first-order valence-electron chi connectivity index (χ1n) is 7.06. The van der Waals surface area contributed by atoms with E-state index in [1.165, 1.54) is 11.1 Å². The Hall–Kier alpha value is -1.87. The molecule has 0 aromatic heterocycles. The zero-order valence-electron chi connectivity index (χ0n) is 11.8. The summed E-state index contributed by atoms with van der Waals surface area (Å²) >= 11 is 0. The molecule has 0 saturated carbocycles. The molecule has 2 aromatic rings. The molecule has 0 N–H and O–H groups in total. The Balaban J connectivity index is 2.15. The number of carbonyl (C=O) groups excluding carboxylic acids is 1. The Bertz CT molecular complexity index is 486. The first-order valence-corrected chi connectivity index (χ1v) is 8.46. The Morgan fingerprint density at radius 1 is 1.00 bits per heavy atom. The van der Waals surface area contributed by atoms with Crippen molar-refractivity contribution in [2.75, 3.05) is 0 Å². The van der Waals surface area contributed by atoms with Crippen molar-refractivity contribution in [1.82, 2.24) is 0 Å². The van der Waals surface area contributed by atoms with Crippen molar-refractivity contribution in [3.8, 4) is 0 Å². The van der Waals surface area contributed by atoms with E-state index in [1.807, 2.05) is 43.3 Å². The lowest BCUT2D eigenvalue weighted by Crippen LogP contribution is -2.17. The number of hydrogen-bond donors (Lipinski definition) is 0. The molecule has 0 aliphatic carbocycles. The lowest BCUT2D eigenvalue weighted by Gasteiger charge is -2.17. The molecule has 0 aliphatic rings. The van der Waals surface area contributed by atoms with Gasteiger partial charge in [-0.3, -0.25) is 4.79 Å². The van der Waals surface area contributed by atoms with Gasteiger partial charge >= 0.3 is 0 Å². The van der Waals surface area contributed by atoms with Crippen LogP contribution >= 0.6 is 0 Å². The third kappa shape index (κ3) is 4.07. The molecule has 104 valence electrons. The second-order valence-corrected chi connectivity index (χ2v) is 6.25. The summed E-state index contributed by atoms with van der Waals surface area (Å²) in [6, 6.07) is 20.6. The molecule has 20 heavy (non-hydrogen) atoms. The van der Waals surface area contributed by atoms with Crippen molar-refractivity contribution >= 4 is 15.7 Å². The highest BCUT2D eigenvalue weighted by molar-refractivity contribution is 6.34. The SMILES string of the molecule is CCCC(=O)O[SiH2]C(c1ccccc1)c1ccccc1. The molecule has 0 aliphatic heterocycles. The minimum atomic E-state index is -0.989. The molecule has 0 fully saturated rings. The molecule has 0 heterocycles. The van der Waals surface area contributed by atoms with Gasteiger partial charge in [0.05, 0.1) is 0 Å². The van der Waals surface area contributed by atoms with Crippen LogP contribution in [0.5, 0.6) is 0 Å². The molecule has 0 saturated heterocycles. The lowest BCUT2D eigenvalue weighted by molar-refractivity contribution is -0.134. The Kier molecular flexibility index (Phi) is 5.56. The molecule has 3 heteroatoms. The van der Waals surface area contributed by atoms with Gasteiger partial charge in [0, 0.05) is 12.0 Å². The Morgan fingerprint density at radius 2 is 1.50 bits per heavy atom. The minimum Gasteiger partial charge on any atom is -0.524 e. The van der Waals surface area contributed by atoms with Gasteiger partial charge in [0.1, 0.15) is 0 Å². The van der Waals surface area contributed by atoms with Crippen LogP contribution in [0.1, 0.15) is 36.4 Å². The first-order chi connectivity index (χ1) is 9.81. The summed E-state index contributed by atoms with van der Waals surface area (Å²) in [5.74, 6) is -0.0592. The number of hydrogen-bond acceptors (Lipinski definition) is 2. The largest absolute Gasteiger partial charge is 0.524 e. The average molecular weight is 284 g/mol. The van der Waals surface area contributed by atoms with Gasteiger partial charge in [-0.2, -0.15) is 0 Å². The zero-order chi connectivity index (χ0) is 14.2. The smallest absolute Gasteiger partial charge is 0.292 e. The number of carbonyl (C=O) groups is 1. The van der Waals surface area contributed by atoms with Crippen molar-refractivity contribution < 1.29 is 9.22 Å². The standard InChI is InChI=1S/C17H20O2Si/c1-2-9-16(18)19-20-17(14-10-5-3-6-11-14)15-12-7-4-8-13-15/h3-8,10-13,17H,2,9,20H2,1H3. The first kappa shape index (κ1) is 14.5. The maximum atomic E-state index is 11.6. The van der Waals surface area contributed by atoms with E-state index < -0.39 is 9.76 Å². The van der Waals surface area contributed by atoms with E-state index in [0.717, 1.165) is 6.42 Å². The van der Waals surface area contributed by atoms with E-state index in [1.54, 1.807) is 0 Å². The summed E-state index contributed by atoms with van der Waals surface area (Å²) < 4.78 is 5.55. The van der Waals surface area contributed by atoms with E-state index >= 15 is 0 Å². The van der Waals surface area contributed by atoms with Gasteiger partial charge in [-0.15, -0.1) is 0 Å². The van der Waals surface area contributed by atoms with E-state index in [2.05, 4.69) is 24.3 Å². The van der Waals surface area contributed by atoms with Crippen LogP contribution < -0.4 is 0 Å². The molecule has 0 spiro atoms. The summed E-state index contributed by atoms with van der Waals surface area (Å²) in [5, 5.41) is 0. The Labute approximate surface area is 122 Å². The second kappa shape index (κ2) is 7.65. The van der Waals surface area contributed by atoms with Crippen molar-refractivity contribution in [2.45, 2.75) is 25.3 Å². The zero-order valence-corrected chi connectivity index (χ0v) is 13.2. The highest BCUT2D eigenvalue weighted by Crippen LogP contribution is 2.23. The minimum absolute atomic E-state index is 0.0592. The van der Waals surface area contributed by atoms with Gasteiger partial charge in [-0.05, 0) is 17.5 Å². The topological polar surface area (TPSA) is 26.3 Å². The van der Waals surface area contributed by atoms with E-state index in [4.69, 9.17) is 4.43 Å². The predicted molar refractivity (Wildman–Crippen MR) is 84.3 cm³/mol. The monoisotopic (exact) mass is 284 g/mol. The van der Waals surface area contributed by atoms with Gasteiger partial charge in [-0.25, -0.2) is 0 Å². The summed E-state index contributed by atoms with van der Waals surface area (Å²) in [6.45, 7) is 1.99. The van der Waals surface area contributed by atoms with Crippen molar-refractivity contribution in [3.05, 3.63) is 71.8 Å². The molecule has 0 atom stereocenters. The maximum absolute atomic E-state index is 11.6. The molecular formula is C17H20O2Si. The normalized spacial score (nSPS) is 11.1. The van der Waals surface area contributed by atoms with Crippen LogP contribution in [0.2, 0.25) is 0 Å². The molecule has 2 nitrogen and oxygen atoms in total. The summed E-state index contributed by atoms with van der Waals surface area (Å²) in [6.07, 6.45) is 1.36. The quantitative estimate of drug-likeness (QED) is 0.761. The molecule has 0 radical (unpaired) electrons. The van der Waals surface area contributed by atoms with Crippen LogP contribution in [0.3, 0.4) is 0 Å². The van der Waals surface area contributed by atoms with Crippen LogP contribution in [0.15, 0.2) is 60.7 Å². The van der Waals surface area contributed by atoms with E-state index in [0.29, 0.717) is 6.42 Å². The van der Waals surface area contributed by atoms with Crippen LogP contribution in [0.25, 0.3) is 0 Å². The van der Waals surface area contributed by atoms with Gasteiger partial charge in [0.15, 0.2) is 0 Å². The molecular weight excluding hydrogens is 264 g/mol. The average Bonchev–Trinajstić information content (AvgIpc) is 2.50. The molecule has 0 amide bonds. The lowest BCUT2D eigenvalue weighted by atomic mass is 10.0. The number of benzene rings is 2. The van der Waals surface area contributed by atoms with Crippen LogP contribution in [0, 0.1) is 0 Å². The van der Waals surface area contributed by atoms with Gasteiger partial charge in [-0.1, -0.05) is 67.6 Å². The van der Waals surface area contributed by atoms with Gasteiger partial charge in [0.25, 0.3) is 5.97 Å². The van der Waals surface area contributed by atoms with Crippen molar-refractivity contribution in [2.24, 2.45) is 0 Å². The summed E-state index contributed by atoms with van der Waals surface area (Å²) in [7, 11) is -0.989. The molecule has 0 bridgehead atoms. The van der Waals surface area contributed by atoms with E-state index in [9.17, 15) is 4.79 Å². The highest BCUT2D eigenvalue weighted by atomic mass is 28.2.